The summed E-state index contributed by atoms with van der Waals surface area (Å²) in [7, 11) is 4.17. The summed E-state index contributed by atoms with van der Waals surface area (Å²) in [6, 6.07) is 0.481. The molecule has 4 heteroatoms. The van der Waals surface area contributed by atoms with Gasteiger partial charge in [-0.2, -0.15) is 0 Å². The molecule has 0 amide bonds. The zero-order valence-corrected chi connectivity index (χ0v) is 11.6. The summed E-state index contributed by atoms with van der Waals surface area (Å²) in [5.41, 5.74) is 0. The second kappa shape index (κ2) is 8.03. The lowest BCUT2D eigenvalue weighted by Crippen LogP contribution is -2.39. The van der Waals surface area contributed by atoms with Crippen LogP contribution in [0.1, 0.15) is 26.2 Å². The lowest BCUT2D eigenvalue weighted by Gasteiger charge is -2.26. The minimum Gasteiger partial charge on any atom is -0.392 e. The fraction of sp³-hybridized carbons (Fsp3) is 1.00. The van der Waals surface area contributed by atoms with Gasteiger partial charge >= 0.3 is 0 Å². The van der Waals surface area contributed by atoms with Crippen LogP contribution in [0.5, 0.6) is 0 Å². The van der Waals surface area contributed by atoms with Crippen molar-refractivity contribution in [2.75, 3.05) is 46.9 Å². The molecule has 0 aliphatic carbocycles. The largest absolute Gasteiger partial charge is 0.392 e. The number of hydrogen-bond donors (Lipinski definition) is 1. The first-order valence-electron chi connectivity index (χ1n) is 6.78. The van der Waals surface area contributed by atoms with Crippen molar-refractivity contribution in [2.24, 2.45) is 0 Å². The van der Waals surface area contributed by atoms with Gasteiger partial charge in [0.1, 0.15) is 0 Å². The second-order valence-electron chi connectivity index (χ2n) is 5.27. The Labute approximate surface area is 106 Å². The van der Waals surface area contributed by atoms with E-state index in [0.717, 1.165) is 45.7 Å². The summed E-state index contributed by atoms with van der Waals surface area (Å²) >= 11 is 0. The number of nitrogens with zero attached hydrogens (tertiary/aromatic N) is 2. The third-order valence-corrected chi connectivity index (χ3v) is 3.25. The van der Waals surface area contributed by atoms with Crippen LogP contribution in [-0.2, 0) is 4.74 Å². The summed E-state index contributed by atoms with van der Waals surface area (Å²) in [5.74, 6) is 0. The van der Waals surface area contributed by atoms with E-state index in [1.807, 2.05) is 0 Å². The predicted molar refractivity (Wildman–Crippen MR) is 70.3 cm³/mol. The Kier molecular flexibility index (Phi) is 7.04. The van der Waals surface area contributed by atoms with E-state index in [2.05, 4.69) is 30.8 Å². The van der Waals surface area contributed by atoms with E-state index in [1.54, 1.807) is 0 Å². The molecule has 4 nitrogen and oxygen atoms in total. The molecule has 0 aromatic heterocycles. The van der Waals surface area contributed by atoms with Crippen molar-refractivity contribution in [3.8, 4) is 0 Å². The van der Waals surface area contributed by atoms with Crippen molar-refractivity contribution in [1.82, 2.24) is 9.80 Å². The fourth-order valence-electron chi connectivity index (χ4n) is 2.37. The van der Waals surface area contributed by atoms with Crippen LogP contribution in [0.15, 0.2) is 0 Å². The Morgan fingerprint density at radius 2 is 2.12 bits per heavy atom. The average Bonchev–Trinajstić information content (AvgIpc) is 2.58. The maximum absolute atomic E-state index is 9.72. The molecule has 17 heavy (non-hydrogen) atoms. The molecule has 1 saturated heterocycles. The third-order valence-electron chi connectivity index (χ3n) is 3.25. The van der Waals surface area contributed by atoms with Gasteiger partial charge in [0, 0.05) is 32.3 Å². The van der Waals surface area contributed by atoms with Crippen molar-refractivity contribution < 1.29 is 9.84 Å². The van der Waals surface area contributed by atoms with Gasteiger partial charge in [-0.15, -0.1) is 0 Å². The van der Waals surface area contributed by atoms with E-state index in [0.29, 0.717) is 6.04 Å². The summed E-state index contributed by atoms with van der Waals surface area (Å²) < 4.78 is 5.59. The van der Waals surface area contributed by atoms with E-state index in [9.17, 15) is 5.11 Å². The molecule has 0 radical (unpaired) electrons. The van der Waals surface area contributed by atoms with Crippen LogP contribution in [-0.4, -0.2) is 74.0 Å². The molecule has 1 N–H and O–H groups in total. The number of rotatable bonds is 8. The predicted octanol–water partition coefficient (Wildman–Crippen LogP) is 0.800. The summed E-state index contributed by atoms with van der Waals surface area (Å²) in [4.78, 5) is 4.55. The van der Waals surface area contributed by atoms with Crippen LogP contribution in [0.2, 0.25) is 0 Å². The van der Waals surface area contributed by atoms with Crippen molar-refractivity contribution in [3.05, 3.63) is 0 Å². The van der Waals surface area contributed by atoms with E-state index in [1.165, 1.54) is 6.42 Å². The van der Waals surface area contributed by atoms with Crippen molar-refractivity contribution in [1.29, 1.82) is 0 Å². The molecular weight excluding hydrogens is 216 g/mol. The number of likely N-dealkylation sites (tertiary alicyclic amines) is 1. The van der Waals surface area contributed by atoms with Gasteiger partial charge in [-0.05, 0) is 26.9 Å². The smallest absolute Gasteiger partial charge is 0.0682 e. The van der Waals surface area contributed by atoms with E-state index in [-0.39, 0.29) is 6.10 Å². The topological polar surface area (TPSA) is 35.9 Å². The van der Waals surface area contributed by atoms with Gasteiger partial charge in [-0.3, -0.25) is 4.90 Å². The first-order chi connectivity index (χ1) is 8.13. The second-order valence-corrected chi connectivity index (χ2v) is 5.27. The highest BCUT2D eigenvalue weighted by atomic mass is 16.5. The van der Waals surface area contributed by atoms with Crippen LogP contribution in [0.3, 0.4) is 0 Å². The zero-order valence-electron chi connectivity index (χ0n) is 11.6. The minimum absolute atomic E-state index is 0.157. The summed E-state index contributed by atoms with van der Waals surface area (Å²) in [5, 5.41) is 9.72. The number of unbranched alkanes of at least 4 members (excludes halogenated alkanes) is 1. The van der Waals surface area contributed by atoms with E-state index < -0.39 is 0 Å². The molecule has 1 fully saturated rings. The summed E-state index contributed by atoms with van der Waals surface area (Å²) in [6.07, 6.45) is 3.07. The average molecular weight is 244 g/mol. The maximum Gasteiger partial charge on any atom is 0.0682 e. The number of aliphatic hydroxyl groups excluding tert-OH is 1. The van der Waals surface area contributed by atoms with Crippen molar-refractivity contribution in [2.45, 2.75) is 38.3 Å². The van der Waals surface area contributed by atoms with Gasteiger partial charge in [0.25, 0.3) is 0 Å². The normalized spacial score (nSPS) is 25.9. The third kappa shape index (κ3) is 5.82. The first-order valence-corrected chi connectivity index (χ1v) is 6.78. The minimum atomic E-state index is -0.157. The number of hydrogen-bond acceptors (Lipinski definition) is 4. The molecule has 1 heterocycles. The van der Waals surface area contributed by atoms with Gasteiger partial charge in [-0.1, -0.05) is 13.3 Å². The number of aliphatic hydroxyl groups is 1. The van der Waals surface area contributed by atoms with Gasteiger partial charge in [0.05, 0.1) is 12.7 Å². The van der Waals surface area contributed by atoms with Gasteiger partial charge in [0.15, 0.2) is 0 Å². The maximum atomic E-state index is 9.72. The van der Waals surface area contributed by atoms with Gasteiger partial charge in [-0.25, -0.2) is 0 Å². The molecule has 1 aliphatic rings. The van der Waals surface area contributed by atoms with E-state index in [4.69, 9.17) is 4.74 Å². The molecule has 0 aromatic carbocycles. The fourth-order valence-corrected chi connectivity index (χ4v) is 2.37. The van der Waals surface area contributed by atoms with Crippen LogP contribution in [0.25, 0.3) is 0 Å². The Balaban J connectivity index is 2.20. The molecular formula is C13H28N2O2. The molecule has 0 spiro atoms. The van der Waals surface area contributed by atoms with Gasteiger partial charge in [0.2, 0.25) is 0 Å². The molecule has 1 aliphatic heterocycles. The van der Waals surface area contributed by atoms with Crippen LogP contribution >= 0.6 is 0 Å². The SMILES string of the molecule is CCCCOCCN1CC(O)CC1CN(C)C. The Morgan fingerprint density at radius 1 is 1.35 bits per heavy atom. The Bertz CT molecular complexity index is 200. The molecule has 2 unspecified atom stereocenters. The highest BCUT2D eigenvalue weighted by molar-refractivity contribution is 4.86. The lowest BCUT2D eigenvalue weighted by atomic mass is 10.2. The molecule has 0 aromatic rings. The molecule has 0 saturated carbocycles. The highest BCUT2D eigenvalue weighted by Gasteiger charge is 2.30. The highest BCUT2D eigenvalue weighted by Crippen LogP contribution is 2.17. The Morgan fingerprint density at radius 3 is 2.76 bits per heavy atom. The van der Waals surface area contributed by atoms with Gasteiger partial charge < -0.3 is 14.7 Å². The van der Waals surface area contributed by atoms with E-state index >= 15 is 0 Å². The number of β-amino-alcohol motifs (C(OH)–C–C–N with tert-alkyl or cyclic N) is 1. The monoisotopic (exact) mass is 244 g/mol. The molecule has 0 bridgehead atoms. The number of likely N-dealkylation sites (N-methyl/N-ethyl adjacent to an activating group) is 1. The van der Waals surface area contributed by atoms with Crippen LogP contribution in [0.4, 0.5) is 0 Å². The molecule has 2 atom stereocenters. The van der Waals surface area contributed by atoms with Crippen LogP contribution in [0, 0.1) is 0 Å². The Hall–Kier alpha value is -0.160. The first kappa shape index (κ1) is 14.9. The standard InChI is InChI=1S/C13H28N2O2/c1-4-5-7-17-8-6-15-11-13(16)9-12(15)10-14(2)3/h12-13,16H,4-11H2,1-3H3. The van der Waals surface area contributed by atoms with Crippen molar-refractivity contribution in [3.63, 3.8) is 0 Å². The van der Waals surface area contributed by atoms with Crippen molar-refractivity contribution >= 4 is 0 Å². The molecule has 102 valence electrons. The van der Waals surface area contributed by atoms with Crippen LogP contribution < -0.4 is 0 Å². The quantitative estimate of drug-likeness (QED) is 0.641. The molecule has 1 rings (SSSR count). The lowest BCUT2D eigenvalue weighted by molar-refractivity contribution is 0.0889. The summed E-state index contributed by atoms with van der Waals surface area (Å²) in [6.45, 7) is 6.59. The zero-order chi connectivity index (χ0) is 12.7. The number of ether oxygens (including phenoxy) is 1.